The third kappa shape index (κ3) is 2.60. The van der Waals surface area contributed by atoms with Crippen molar-refractivity contribution in [3.05, 3.63) is 0 Å². The minimum Gasteiger partial charge on any atom is -0.481 e. The summed E-state index contributed by atoms with van der Waals surface area (Å²) >= 11 is 0. The van der Waals surface area contributed by atoms with Crippen LogP contribution in [-0.2, 0) is 9.53 Å². The zero-order valence-corrected chi connectivity index (χ0v) is 12.5. The van der Waals surface area contributed by atoms with Crippen LogP contribution in [0.5, 0.6) is 0 Å². The van der Waals surface area contributed by atoms with E-state index in [1.54, 1.807) is 0 Å². The molecule has 2 saturated carbocycles. The van der Waals surface area contributed by atoms with E-state index in [1.807, 2.05) is 0 Å². The van der Waals surface area contributed by atoms with Gasteiger partial charge >= 0.3 is 5.97 Å². The Morgan fingerprint density at radius 1 is 1.30 bits per heavy atom. The number of nitrogens with zero attached hydrogens (tertiary/aromatic N) is 1. The number of morpholine rings is 1. The first-order valence-electron chi connectivity index (χ1n) is 8.20. The summed E-state index contributed by atoms with van der Waals surface area (Å²) in [5.74, 6) is 0.108. The Labute approximate surface area is 121 Å². The van der Waals surface area contributed by atoms with Crippen molar-refractivity contribution in [2.45, 2.75) is 64.0 Å². The van der Waals surface area contributed by atoms with Crippen LogP contribution in [0.15, 0.2) is 0 Å². The van der Waals surface area contributed by atoms with Gasteiger partial charge in [0.05, 0.1) is 18.1 Å². The number of carboxylic acids is 1. The van der Waals surface area contributed by atoms with Crippen molar-refractivity contribution in [3.8, 4) is 0 Å². The second kappa shape index (κ2) is 5.64. The summed E-state index contributed by atoms with van der Waals surface area (Å²) in [5.41, 5.74) is -0.503. The summed E-state index contributed by atoms with van der Waals surface area (Å²) < 4.78 is 5.84. The van der Waals surface area contributed by atoms with Gasteiger partial charge < -0.3 is 9.84 Å². The highest BCUT2D eigenvalue weighted by Gasteiger charge is 2.46. The summed E-state index contributed by atoms with van der Waals surface area (Å²) in [6.07, 6.45) is 7.72. The van der Waals surface area contributed by atoms with Crippen LogP contribution >= 0.6 is 0 Å². The first-order valence-corrected chi connectivity index (χ1v) is 8.20. The van der Waals surface area contributed by atoms with Gasteiger partial charge in [0.1, 0.15) is 0 Å². The van der Waals surface area contributed by atoms with Crippen molar-refractivity contribution >= 4 is 5.97 Å². The van der Waals surface area contributed by atoms with Crippen molar-refractivity contribution in [3.63, 3.8) is 0 Å². The predicted octanol–water partition coefficient (Wildman–Crippen LogP) is 2.52. The predicted molar refractivity (Wildman–Crippen MR) is 76.7 cm³/mol. The molecular weight excluding hydrogens is 254 g/mol. The number of ether oxygens (including phenoxy) is 1. The summed E-state index contributed by atoms with van der Waals surface area (Å²) in [6.45, 7) is 4.66. The van der Waals surface area contributed by atoms with E-state index in [4.69, 9.17) is 4.74 Å². The first kappa shape index (κ1) is 14.3. The van der Waals surface area contributed by atoms with Crippen LogP contribution in [0.2, 0.25) is 0 Å². The molecule has 3 rings (SSSR count). The normalized spacial score (nSPS) is 42.4. The van der Waals surface area contributed by atoms with Crippen LogP contribution in [0, 0.1) is 11.3 Å². The second-order valence-corrected chi connectivity index (χ2v) is 7.15. The maximum absolute atomic E-state index is 11.9. The molecule has 1 N–H and O–H groups in total. The largest absolute Gasteiger partial charge is 0.481 e. The number of rotatable bonds is 3. The lowest BCUT2D eigenvalue weighted by atomic mass is 9.70. The van der Waals surface area contributed by atoms with E-state index in [-0.39, 0.29) is 0 Å². The molecule has 0 spiro atoms. The van der Waals surface area contributed by atoms with Crippen LogP contribution in [0.4, 0.5) is 0 Å². The van der Waals surface area contributed by atoms with E-state index >= 15 is 0 Å². The fourth-order valence-electron chi connectivity index (χ4n) is 4.35. The number of hydrogen-bond acceptors (Lipinski definition) is 3. The molecule has 1 heterocycles. The minimum absolute atomic E-state index is 0.358. The lowest BCUT2D eigenvalue weighted by Gasteiger charge is -2.44. The number of carbonyl (C=O) groups is 1. The maximum atomic E-state index is 11.9. The fourth-order valence-corrected chi connectivity index (χ4v) is 4.35. The standard InChI is InChI=1S/C16H27NO3/c1-12-5-7-16(8-6-12,15(18)19)11-17-9-10-20-14-4-2-3-13(14)17/h12-14H,2-11H2,1H3,(H,18,19). The average molecular weight is 281 g/mol. The smallest absolute Gasteiger partial charge is 0.310 e. The van der Waals surface area contributed by atoms with E-state index in [2.05, 4.69) is 11.8 Å². The molecule has 3 fully saturated rings. The molecule has 1 aliphatic heterocycles. The Bertz CT molecular complexity index is 363. The van der Waals surface area contributed by atoms with E-state index in [0.29, 0.717) is 18.1 Å². The van der Waals surface area contributed by atoms with Crippen LogP contribution in [0.1, 0.15) is 51.9 Å². The monoisotopic (exact) mass is 281 g/mol. The van der Waals surface area contributed by atoms with E-state index < -0.39 is 11.4 Å². The minimum atomic E-state index is -0.578. The lowest BCUT2D eigenvalue weighted by molar-refractivity contribution is -0.156. The molecule has 3 aliphatic rings. The fraction of sp³-hybridized carbons (Fsp3) is 0.938. The average Bonchev–Trinajstić information content (AvgIpc) is 2.91. The van der Waals surface area contributed by atoms with Gasteiger partial charge in [0.2, 0.25) is 0 Å². The van der Waals surface area contributed by atoms with E-state index in [9.17, 15) is 9.90 Å². The SMILES string of the molecule is CC1CCC(CN2CCOC3CCCC32)(C(=O)O)CC1. The number of hydrogen-bond donors (Lipinski definition) is 1. The van der Waals surface area contributed by atoms with Crippen molar-refractivity contribution < 1.29 is 14.6 Å². The number of carboxylic acid groups (broad SMARTS) is 1. The molecule has 114 valence electrons. The number of aliphatic carboxylic acids is 1. The Morgan fingerprint density at radius 3 is 2.75 bits per heavy atom. The zero-order chi connectivity index (χ0) is 14.2. The summed E-state index contributed by atoms with van der Waals surface area (Å²) in [5, 5.41) is 9.79. The zero-order valence-electron chi connectivity index (χ0n) is 12.5. The quantitative estimate of drug-likeness (QED) is 0.863. The first-order chi connectivity index (χ1) is 9.61. The molecule has 0 bridgehead atoms. The van der Waals surface area contributed by atoms with Crippen LogP contribution in [-0.4, -0.2) is 47.8 Å². The van der Waals surface area contributed by atoms with Gasteiger partial charge in [0.15, 0.2) is 0 Å². The Morgan fingerprint density at radius 2 is 2.05 bits per heavy atom. The lowest BCUT2D eigenvalue weighted by Crippen LogP contribution is -2.54. The van der Waals surface area contributed by atoms with Gasteiger partial charge in [-0.2, -0.15) is 0 Å². The Balaban J connectivity index is 1.71. The molecule has 0 aromatic carbocycles. The topological polar surface area (TPSA) is 49.8 Å². The van der Waals surface area contributed by atoms with Gasteiger partial charge in [-0.25, -0.2) is 0 Å². The summed E-state index contributed by atoms with van der Waals surface area (Å²) in [7, 11) is 0. The Kier molecular flexibility index (Phi) is 4.04. The van der Waals surface area contributed by atoms with Gasteiger partial charge in [0, 0.05) is 19.1 Å². The van der Waals surface area contributed by atoms with E-state index in [1.165, 1.54) is 12.8 Å². The van der Waals surface area contributed by atoms with Crippen molar-refractivity contribution in [1.82, 2.24) is 4.90 Å². The van der Waals surface area contributed by atoms with Gasteiger partial charge in [-0.05, 0) is 50.9 Å². The molecule has 0 aromatic heterocycles. The molecule has 0 aromatic rings. The van der Waals surface area contributed by atoms with Crippen LogP contribution in [0.25, 0.3) is 0 Å². The van der Waals surface area contributed by atoms with Gasteiger partial charge in [-0.15, -0.1) is 0 Å². The van der Waals surface area contributed by atoms with Gasteiger partial charge in [-0.1, -0.05) is 6.92 Å². The third-order valence-corrected chi connectivity index (χ3v) is 5.79. The maximum Gasteiger partial charge on any atom is 0.310 e. The van der Waals surface area contributed by atoms with Crippen molar-refractivity contribution in [1.29, 1.82) is 0 Å². The third-order valence-electron chi connectivity index (χ3n) is 5.79. The second-order valence-electron chi connectivity index (χ2n) is 7.15. The van der Waals surface area contributed by atoms with Gasteiger partial charge in [-0.3, -0.25) is 9.69 Å². The highest BCUT2D eigenvalue weighted by Crippen LogP contribution is 2.41. The molecule has 20 heavy (non-hydrogen) atoms. The van der Waals surface area contributed by atoms with Crippen molar-refractivity contribution in [2.24, 2.45) is 11.3 Å². The number of fused-ring (bicyclic) bond motifs is 1. The molecule has 2 atom stereocenters. The molecule has 2 aliphatic carbocycles. The molecular formula is C16H27NO3. The molecule has 4 nitrogen and oxygen atoms in total. The molecule has 4 heteroatoms. The molecule has 2 unspecified atom stereocenters. The Hall–Kier alpha value is -0.610. The highest BCUT2D eigenvalue weighted by atomic mass is 16.5. The van der Waals surface area contributed by atoms with E-state index in [0.717, 1.165) is 51.8 Å². The van der Waals surface area contributed by atoms with Crippen molar-refractivity contribution in [2.75, 3.05) is 19.7 Å². The van der Waals surface area contributed by atoms with Crippen LogP contribution < -0.4 is 0 Å². The summed E-state index contributed by atoms with van der Waals surface area (Å²) in [6, 6.07) is 0.472. The molecule has 1 saturated heterocycles. The molecule has 0 amide bonds. The van der Waals surface area contributed by atoms with Gasteiger partial charge in [0.25, 0.3) is 0 Å². The molecule has 0 radical (unpaired) electrons. The highest BCUT2D eigenvalue weighted by molar-refractivity contribution is 5.75. The van der Waals surface area contributed by atoms with Crippen LogP contribution in [0.3, 0.4) is 0 Å². The summed E-state index contributed by atoms with van der Waals surface area (Å²) in [4.78, 5) is 14.3.